The van der Waals surface area contributed by atoms with Gasteiger partial charge in [0.2, 0.25) is 0 Å². The quantitative estimate of drug-likeness (QED) is 0.385. The van der Waals surface area contributed by atoms with Crippen LogP contribution in [0.2, 0.25) is 0 Å². The van der Waals surface area contributed by atoms with Crippen molar-refractivity contribution in [3.05, 3.63) is 12.2 Å². The summed E-state index contributed by atoms with van der Waals surface area (Å²) in [6, 6.07) is 0. The average Bonchev–Trinajstić information content (AvgIpc) is 1.63. The zero-order valence-corrected chi connectivity index (χ0v) is 6.21. The van der Waals surface area contributed by atoms with Crippen LogP contribution >= 0.6 is 8.25 Å². The lowest BCUT2D eigenvalue weighted by molar-refractivity contribution is -0.132. The van der Waals surface area contributed by atoms with Crippen molar-refractivity contribution in [3.63, 3.8) is 0 Å². The van der Waals surface area contributed by atoms with Crippen molar-refractivity contribution in [2.24, 2.45) is 0 Å². The Morgan fingerprint density at radius 2 is 1.60 bits per heavy atom. The lowest BCUT2D eigenvalue weighted by atomic mass is 10.4. The molecule has 10 heavy (non-hydrogen) atoms. The second-order valence-electron chi connectivity index (χ2n) is 1.34. The Hall–Kier alpha value is -0.770. The van der Waals surface area contributed by atoms with Crippen LogP contribution in [-0.4, -0.2) is 20.9 Å². The van der Waals surface area contributed by atoms with Crippen molar-refractivity contribution in [2.75, 3.05) is 0 Å². The number of aliphatic carboxylic acids is 1. The molecule has 6 heteroatoms. The Bertz CT molecular complexity index is 136. The van der Waals surface area contributed by atoms with Gasteiger partial charge in [0.1, 0.15) is 0 Å². The van der Waals surface area contributed by atoms with Gasteiger partial charge in [-0.05, 0) is 6.92 Å². The molecule has 58 valence electrons. The first-order valence-electron chi connectivity index (χ1n) is 2.11. The molecule has 0 aromatic heterocycles. The van der Waals surface area contributed by atoms with Crippen LogP contribution in [0.3, 0.4) is 0 Å². The highest BCUT2D eigenvalue weighted by molar-refractivity contribution is 7.30. The summed E-state index contributed by atoms with van der Waals surface area (Å²) >= 11 is 0. The van der Waals surface area contributed by atoms with Crippen molar-refractivity contribution in [3.8, 4) is 0 Å². The molecule has 0 rings (SSSR count). The number of hydrogen-bond donors (Lipinski definition) is 3. The Balaban J connectivity index is 0. The second-order valence-corrected chi connectivity index (χ2v) is 1.84. The number of rotatable bonds is 1. The summed E-state index contributed by atoms with van der Waals surface area (Å²) in [7, 11) is -2.87. The summed E-state index contributed by atoms with van der Waals surface area (Å²) < 4.78 is 8.70. The minimum atomic E-state index is -2.87. The smallest absolute Gasteiger partial charge is 0.478 e. The maximum atomic E-state index is 9.60. The highest BCUT2D eigenvalue weighted by Crippen LogP contribution is 1.98. The summed E-state index contributed by atoms with van der Waals surface area (Å²) in [6.45, 7) is 4.60. The molecule has 0 atom stereocenters. The largest absolute Gasteiger partial charge is 0.692 e. The molecule has 0 unspecified atom stereocenters. The van der Waals surface area contributed by atoms with Gasteiger partial charge < -0.3 is 5.11 Å². The maximum Gasteiger partial charge on any atom is 0.692 e. The van der Waals surface area contributed by atoms with E-state index in [0.717, 1.165) is 0 Å². The SMILES string of the molecule is C=C(C)C(=O)O.O=[P+](O)O. The molecular weight excluding hydrogens is 159 g/mol. The number of carbonyl (C=O) groups is 1. The van der Waals surface area contributed by atoms with E-state index in [1.807, 2.05) is 0 Å². The van der Waals surface area contributed by atoms with Crippen molar-refractivity contribution >= 4 is 14.2 Å². The zero-order valence-electron chi connectivity index (χ0n) is 5.31. The van der Waals surface area contributed by atoms with Gasteiger partial charge in [-0.25, -0.2) is 4.79 Å². The standard InChI is InChI=1S/C4H6O2.HO3P/c1-3(2)4(5)6;1-4(2)3/h1H2,2H3,(H,5,6);(H-,1,2,3)/p+1. The molecule has 0 spiro atoms. The predicted octanol–water partition coefficient (Wildman–Crippen LogP) is 0.275. The van der Waals surface area contributed by atoms with E-state index in [2.05, 4.69) is 6.58 Å². The van der Waals surface area contributed by atoms with Gasteiger partial charge in [-0.1, -0.05) is 6.58 Å². The topological polar surface area (TPSA) is 94.8 Å². The molecule has 0 aliphatic carbocycles. The van der Waals surface area contributed by atoms with E-state index in [0.29, 0.717) is 0 Å². The first kappa shape index (κ1) is 12.0. The molecule has 0 aliphatic rings. The number of carboxylic acids is 1. The van der Waals surface area contributed by atoms with E-state index < -0.39 is 14.2 Å². The summed E-state index contributed by atoms with van der Waals surface area (Å²) in [5.41, 5.74) is 0.176. The fourth-order valence-corrected chi connectivity index (χ4v) is 0. The summed E-state index contributed by atoms with van der Waals surface area (Å²) in [5, 5.41) is 7.89. The van der Waals surface area contributed by atoms with Crippen LogP contribution in [0.1, 0.15) is 6.92 Å². The highest BCUT2D eigenvalue weighted by atomic mass is 31.1. The van der Waals surface area contributed by atoms with Gasteiger partial charge in [0.25, 0.3) is 0 Å². The second kappa shape index (κ2) is 6.35. The monoisotopic (exact) mass is 167 g/mol. The van der Waals surface area contributed by atoms with E-state index in [9.17, 15) is 4.79 Å². The van der Waals surface area contributed by atoms with E-state index in [1.54, 1.807) is 0 Å². The minimum Gasteiger partial charge on any atom is -0.478 e. The number of carboxylic acid groups (broad SMARTS) is 1. The van der Waals surface area contributed by atoms with Gasteiger partial charge in [-0.2, -0.15) is 0 Å². The molecule has 0 saturated carbocycles. The van der Waals surface area contributed by atoms with Gasteiger partial charge in [0.05, 0.1) is 0 Å². The summed E-state index contributed by atoms with van der Waals surface area (Å²) in [4.78, 5) is 23.8. The van der Waals surface area contributed by atoms with Gasteiger partial charge >= 0.3 is 14.2 Å². The molecule has 0 aliphatic heterocycles. The fraction of sp³-hybridized carbons (Fsp3) is 0.250. The van der Waals surface area contributed by atoms with E-state index in [1.165, 1.54) is 6.92 Å². The van der Waals surface area contributed by atoms with E-state index in [4.69, 9.17) is 19.5 Å². The van der Waals surface area contributed by atoms with Crippen LogP contribution in [0.15, 0.2) is 12.2 Å². The highest BCUT2D eigenvalue weighted by Gasteiger charge is 1.93. The first-order chi connectivity index (χ1) is 4.37. The third-order valence-electron chi connectivity index (χ3n) is 0.365. The van der Waals surface area contributed by atoms with Crippen LogP contribution in [0.5, 0.6) is 0 Å². The fourth-order valence-electron chi connectivity index (χ4n) is 0. The zero-order chi connectivity index (χ0) is 8.73. The Morgan fingerprint density at radius 1 is 1.50 bits per heavy atom. The first-order valence-corrected chi connectivity index (χ1v) is 3.28. The molecule has 0 bridgehead atoms. The maximum absolute atomic E-state index is 9.60. The number of hydrogen-bond acceptors (Lipinski definition) is 2. The molecule has 5 nitrogen and oxygen atoms in total. The Kier molecular flexibility index (Phi) is 7.60. The summed E-state index contributed by atoms with van der Waals surface area (Å²) in [5.74, 6) is -0.935. The van der Waals surface area contributed by atoms with Gasteiger partial charge in [-0.15, -0.1) is 9.79 Å². The third kappa shape index (κ3) is 26.9. The third-order valence-corrected chi connectivity index (χ3v) is 0.365. The average molecular weight is 167 g/mol. The van der Waals surface area contributed by atoms with Crippen molar-refractivity contribution in [2.45, 2.75) is 6.92 Å². The molecule has 0 amide bonds. The predicted molar refractivity (Wildman–Crippen MR) is 34.5 cm³/mol. The molecular formula is C4H8O5P+. The molecule has 0 aromatic carbocycles. The molecule has 0 heterocycles. The van der Waals surface area contributed by atoms with Gasteiger partial charge in [0.15, 0.2) is 0 Å². The Morgan fingerprint density at radius 3 is 1.60 bits per heavy atom. The van der Waals surface area contributed by atoms with E-state index >= 15 is 0 Å². The van der Waals surface area contributed by atoms with Gasteiger partial charge in [-0.3, -0.25) is 0 Å². The van der Waals surface area contributed by atoms with Crippen LogP contribution in [0.4, 0.5) is 0 Å². The van der Waals surface area contributed by atoms with Crippen molar-refractivity contribution < 1.29 is 24.3 Å². The van der Waals surface area contributed by atoms with Crippen LogP contribution < -0.4 is 0 Å². The molecule has 0 fully saturated rings. The van der Waals surface area contributed by atoms with Crippen LogP contribution in [0, 0.1) is 0 Å². The van der Waals surface area contributed by atoms with Crippen LogP contribution in [0.25, 0.3) is 0 Å². The normalized spacial score (nSPS) is 7.10. The molecule has 3 N–H and O–H groups in total. The Labute approximate surface area is 58.6 Å². The minimum absolute atomic E-state index is 0.176. The summed E-state index contributed by atoms with van der Waals surface area (Å²) in [6.07, 6.45) is 0. The lowest BCUT2D eigenvalue weighted by Crippen LogP contribution is -1.92. The molecule has 0 aromatic rings. The molecule has 0 saturated heterocycles. The van der Waals surface area contributed by atoms with E-state index in [-0.39, 0.29) is 5.57 Å². The lowest BCUT2D eigenvalue weighted by Gasteiger charge is -1.79. The van der Waals surface area contributed by atoms with Crippen LogP contribution in [-0.2, 0) is 9.36 Å². The molecule has 0 radical (unpaired) electrons. The van der Waals surface area contributed by atoms with Crippen molar-refractivity contribution in [1.29, 1.82) is 0 Å². The van der Waals surface area contributed by atoms with Gasteiger partial charge in [0, 0.05) is 10.1 Å². The van der Waals surface area contributed by atoms with Crippen molar-refractivity contribution in [1.82, 2.24) is 0 Å².